The summed E-state index contributed by atoms with van der Waals surface area (Å²) in [5.74, 6) is -0.199. The summed E-state index contributed by atoms with van der Waals surface area (Å²) in [5.41, 5.74) is 5.56. The average Bonchev–Trinajstić information content (AvgIpc) is 2.62. The van der Waals surface area contributed by atoms with E-state index in [1.165, 1.54) is 23.9 Å². The Bertz CT molecular complexity index is 802. The van der Waals surface area contributed by atoms with Gasteiger partial charge < -0.3 is 4.90 Å². The Morgan fingerprint density at radius 3 is 2.76 bits per heavy atom. The number of benzene rings is 2. The molecule has 0 aliphatic carbocycles. The molecule has 2 aromatic rings. The number of hydrogen-bond donors (Lipinski definition) is 1. The molecular formula is C18H18N4O3. The van der Waals surface area contributed by atoms with E-state index in [0.29, 0.717) is 5.56 Å². The standard InChI is InChI=1S/C18H18N4O3/c23-18(13-21-11-3-5-15-4-1-2-6-17(15)21)20-19-12-14-7-9-16(10-8-14)22(24)25/h1-2,4,6-10,12H,3,5,11,13H2,(H,20,23)/b19-12+. The molecule has 1 N–H and O–H groups in total. The lowest BCUT2D eigenvalue weighted by Crippen LogP contribution is -2.38. The molecule has 0 saturated carbocycles. The molecule has 7 heteroatoms. The van der Waals surface area contributed by atoms with Crippen LogP contribution in [0.5, 0.6) is 0 Å². The average molecular weight is 338 g/mol. The molecular weight excluding hydrogens is 320 g/mol. The highest BCUT2D eigenvalue weighted by molar-refractivity contribution is 5.85. The fraction of sp³-hybridized carbons (Fsp3) is 0.222. The fourth-order valence-electron chi connectivity index (χ4n) is 2.85. The van der Waals surface area contributed by atoms with Gasteiger partial charge in [-0.2, -0.15) is 5.10 Å². The van der Waals surface area contributed by atoms with Crippen molar-refractivity contribution < 1.29 is 9.72 Å². The summed E-state index contributed by atoms with van der Waals surface area (Å²) in [5, 5.41) is 14.5. The molecule has 2 aromatic carbocycles. The van der Waals surface area contributed by atoms with Gasteiger partial charge in [0.2, 0.25) is 0 Å². The van der Waals surface area contributed by atoms with E-state index < -0.39 is 4.92 Å². The van der Waals surface area contributed by atoms with Gasteiger partial charge in [-0.25, -0.2) is 5.43 Å². The molecule has 128 valence electrons. The second-order valence-corrected chi connectivity index (χ2v) is 5.80. The summed E-state index contributed by atoms with van der Waals surface area (Å²) in [6.07, 6.45) is 3.52. The number of carbonyl (C=O) groups excluding carboxylic acids is 1. The maximum atomic E-state index is 12.1. The van der Waals surface area contributed by atoms with E-state index in [9.17, 15) is 14.9 Å². The minimum atomic E-state index is -0.459. The molecule has 1 aliphatic rings. The van der Waals surface area contributed by atoms with Gasteiger partial charge in [0.15, 0.2) is 0 Å². The van der Waals surface area contributed by atoms with E-state index in [4.69, 9.17) is 0 Å². The van der Waals surface area contributed by atoms with Crippen molar-refractivity contribution in [2.75, 3.05) is 18.0 Å². The number of carbonyl (C=O) groups is 1. The summed E-state index contributed by atoms with van der Waals surface area (Å²) in [6.45, 7) is 1.09. The number of amides is 1. The number of nitro groups is 1. The summed E-state index contributed by atoms with van der Waals surface area (Å²) in [4.78, 5) is 24.3. The van der Waals surface area contributed by atoms with Crippen molar-refractivity contribution in [3.63, 3.8) is 0 Å². The van der Waals surface area contributed by atoms with Gasteiger partial charge in [0.1, 0.15) is 0 Å². The van der Waals surface area contributed by atoms with Crippen LogP contribution in [0, 0.1) is 10.1 Å². The van der Waals surface area contributed by atoms with Crippen LogP contribution in [0.1, 0.15) is 17.5 Å². The van der Waals surface area contributed by atoms with Crippen molar-refractivity contribution in [2.45, 2.75) is 12.8 Å². The topological polar surface area (TPSA) is 87.8 Å². The number of fused-ring (bicyclic) bond motifs is 1. The maximum Gasteiger partial charge on any atom is 0.269 e. The van der Waals surface area contributed by atoms with Crippen LogP contribution in [0.15, 0.2) is 53.6 Å². The van der Waals surface area contributed by atoms with Crippen LogP contribution >= 0.6 is 0 Å². The number of nitrogens with one attached hydrogen (secondary N) is 1. The molecule has 1 heterocycles. The van der Waals surface area contributed by atoms with Crippen LogP contribution < -0.4 is 10.3 Å². The lowest BCUT2D eigenvalue weighted by atomic mass is 10.0. The second kappa shape index (κ2) is 7.57. The Balaban J connectivity index is 1.56. The van der Waals surface area contributed by atoms with E-state index in [1.807, 2.05) is 18.2 Å². The van der Waals surface area contributed by atoms with Gasteiger partial charge >= 0.3 is 0 Å². The molecule has 0 bridgehead atoms. The van der Waals surface area contributed by atoms with E-state index in [-0.39, 0.29) is 18.1 Å². The third-order valence-electron chi connectivity index (χ3n) is 4.05. The number of hydrazone groups is 1. The first kappa shape index (κ1) is 16.6. The van der Waals surface area contributed by atoms with Gasteiger partial charge in [0, 0.05) is 24.4 Å². The molecule has 0 fully saturated rings. The van der Waals surface area contributed by atoms with E-state index >= 15 is 0 Å². The number of rotatable bonds is 5. The third kappa shape index (κ3) is 4.20. The van der Waals surface area contributed by atoms with Gasteiger partial charge in [0.25, 0.3) is 11.6 Å². The molecule has 7 nitrogen and oxygen atoms in total. The van der Waals surface area contributed by atoms with E-state index in [1.54, 1.807) is 12.1 Å². The highest BCUT2D eigenvalue weighted by Crippen LogP contribution is 2.26. The van der Waals surface area contributed by atoms with Crippen LogP contribution in [0.4, 0.5) is 11.4 Å². The normalized spacial score (nSPS) is 13.5. The smallest absolute Gasteiger partial charge is 0.269 e. The number of anilines is 1. The van der Waals surface area contributed by atoms with Crippen LogP contribution in [-0.4, -0.2) is 30.1 Å². The SMILES string of the molecule is O=C(CN1CCCc2ccccc21)N/N=C/c1ccc([N+](=O)[O-])cc1. The molecule has 1 amide bonds. The molecule has 3 rings (SSSR count). The van der Waals surface area contributed by atoms with Crippen molar-refractivity contribution >= 4 is 23.5 Å². The minimum absolute atomic E-state index is 0.0185. The number of nitrogens with zero attached hydrogens (tertiary/aromatic N) is 3. The Kier molecular flexibility index (Phi) is 5.03. The first-order valence-corrected chi connectivity index (χ1v) is 8.03. The predicted octanol–water partition coefficient (Wildman–Crippen LogP) is 2.50. The Hall–Kier alpha value is -3.22. The molecule has 0 radical (unpaired) electrons. The number of non-ortho nitro benzene ring substituents is 1. The fourth-order valence-corrected chi connectivity index (χ4v) is 2.85. The van der Waals surface area contributed by atoms with Gasteiger partial charge in [-0.3, -0.25) is 14.9 Å². The molecule has 1 aliphatic heterocycles. The van der Waals surface area contributed by atoms with Gasteiger partial charge in [-0.05, 0) is 42.2 Å². The maximum absolute atomic E-state index is 12.1. The minimum Gasteiger partial charge on any atom is -0.362 e. The zero-order valence-corrected chi connectivity index (χ0v) is 13.6. The second-order valence-electron chi connectivity index (χ2n) is 5.80. The van der Waals surface area contributed by atoms with Crippen molar-refractivity contribution in [1.82, 2.24) is 5.43 Å². The Labute approximate surface area is 145 Å². The highest BCUT2D eigenvalue weighted by Gasteiger charge is 2.18. The third-order valence-corrected chi connectivity index (χ3v) is 4.05. The molecule has 0 atom stereocenters. The van der Waals surface area contributed by atoms with Crippen molar-refractivity contribution in [3.05, 3.63) is 69.8 Å². The van der Waals surface area contributed by atoms with Crippen LogP contribution in [0.3, 0.4) is 0 Å². The lowest BCUT2D eigenvalue weighted by Gasteiger charge is -2.30. The highest BCUT2D eigenvalue weighted by atomic mass is 16.6. The van der Waals surface area contributed by atoms with E-state index in [0.717, 1.165) is 25.1 Å². The zero-order valence-electron chi connectivity index (χ0n) is 13.6. The first-order chi connectivity index (χ1) is 12.1. The summed E-state index contributed by atoms with van der Waals surface area (Å²) < 4.78 is 0. The predicted molar refractivity (Wildman–Crippen MR) is 95.8 cm³/mol. The summed E-state index contributed by atoms with van der Waals surface area (Å²) in [7, 11) is 0. The first-order valence-electron chi connectivity index (χ1n) is 8.03. The summed E-state index contributed by atoms with van der Waals surface area (Å²) >= 11 is 0. The van der Waals surface area contributed by atoms with Gasteiger partial charge in [0.05, 0.1) is 17.7 Å². The van der Waals surface area contributed by atoms with Crippen LogP contribution in [0.25, 0.3) is 0 Å². The Morgan fingerprint density at radius 2 is 2.00 bits per heavy atom. The largest absolute Gasteiger partial charge is 0.362 e. The quantitative estimate of drug-likeness (QED) is 0.515. The zero-order chi connectivity index (χ0) is 17.6. The van der Waals surface area contributed by atoms with E-state index in [2.05, 4.69) is 21.5 Å². The number of nitro benzene ring substituents is 1. The molecule has 0 aromatic heterocycles. The number of aryl methyl sites for hydroxylation is 1. The van der Waals surface area contributed by atoms with Crippen molar-refractivity contribution in [3.8, 4) is 0 Å². The summed E-state index contributed by atoms with van der Waals surface area (Å²) in [6, 6.07) is 14.1. The molecule has 0 spiro atoms. The monoisotopic (exact) mass is 338 g/mol. The van der Waals surface area contributed by atoms with Crippen molar-refractivity contribution in [1.29, 1.82) is 0 Å². The number of para-hydroxylation sites is 1. The molecule has 25 heavy (non-hydrogen) atoms. The van der Waals surface area contributed by atoms with Gasteiger partial charge in [-0.1, -0.05) is 18.2 Å². The Morgan fingerprint density at radius 1 is 1.24 bits per heavy atom. The van der Waals surface area contributed by atoms with Crippen LogP contribution in [-0.2, 0) is 11.2 Å². The van der Waals surface area contributed by atoms with Crippen molar-refractivity contribution in [2.24, 2.45) is 5.10 Å². The lowest BCUT2D eigenvalue weighted by molar-refractivity contribution is -0.384. The molecule has 0 unspecified atom stereocenters. The van der Waals surface area contributed by atoms with Gasteiger partial charge in [-0.15, -0.1) is 0 Å². The number of hydrogen-bond acceptors (Lipinski definition) is 5. The molecule has 0 saturated heterocycles. The van der Waals surface area contributed by atoms with Crippen LogP contribution in [0.2, 0.25) is 0 Å².